The number of hydrogen-bond donors (Lipinski definition) is 1. The maximum absolute atomic E-state index is 13.4. The first-order valence-corrected chi connectivity index (χ1v) is 12.4. The lowest BCUT2D eigenvalue weighted by Crippen LogP contribution is -2.55. The van der Waals surface area contributed by atoms with Crippen LogP contribution in [0.2, 0.25) is 0 Å². The van der Waals surface area contributed by atoms with Crippen molar-refractivity contribution in [1.82, 2.24) is 20.4 Å². The molecule has 1 N–H and O–H groups in total. The van der Waals surface area contributed by atoms with Crippen LogP contribution in [0.1, 0.15) is 63.8 Å². The van der Waals surface area contributed by atoms with Crippen molar-refractivity contribution >= 4 is 22.5 Å². The molecule has 7 nitrogen and oxygen atoms in total. The van der Waals surface area contributed by atoms with E-state index in [1.165, 1.54) is 0 Å². The number of amides is 1. The molecule has 1 atom stereocenters. The van der Waals surface area contributed by atoms with Crippen molar-refractivity contribution in [3.05, 3.63) is 48.4 Å². The molecule has 34 heavy (non-hydrogen) atoms. The lowest BCUT2D eigenvalue weighted by molar-refractivity contribution is -0.139. The van der Waals surface area contributed by atoms with Crippen LogP contribution in [0.15, 0.2) is 46.9 Å². The third-order valence-electron chi connectivity index (χ3n) is 7.58. The highest BCUT2D eigenvalue weighted by atomic mass is 16.4. The fourth-order valence-electron chi connectivity index (χ4n) is 5.23. The van der Waals surface area contributed by atoms with Crippen molar-refractivity contribution in [2.75, 3.05) is 19.6 Å². The van der Waals surface area contributed by atoms with E-state index in [9.17, 15) is 9.59 Å². The number of hydrogen-bond acceptors (Lipinski definition) is 6. The van der Waals surface area contributed by atoms with Gasteiger partial charge in [-0.25, -0.2) is 0 Å². The maximum Gasteiger partial charge on any atom is 0.247 e. The van der Waals surface area contributed by atoms with Crippen molar-refractivity contribution in [2.24, 2.45) is 5.41 Å². The van der Waals surface area contributed by atoms with Crippen LogP contribution < -0.4 is 5.32 Å². The number of nitrogens with one attached hydrogen (secondary N) is 1. The van der Waals surface area contributed by atoms with Crippen LogP contribution in [0.4, 0.5) is 0 Å². The highest BCUT2D eigenvalue weighted by Crippen LogP contribution is 2.41. The molecular formula is C27H32N4O3. The van der Waals surface area contributed by atoms with Gasteiger partial charge < -0.3 is 14.6 Å². The predicted molar refractivity (Wildman–Crippen MR) is 130 cm³/mol. The van der Waals surface area contributed by atoms with Crippen molar-refractivity contribution in [3.63, 3.8) is 0 Å². The van der Waals surface area contributed by atoms with Gasteiger partial charge in [-0.05, 0) is 74.6 Å². The van der Waals surface area contributed by atoms with Gasteiger partial charge in [-0.15, -0.1) is 10.2 Å². The van der Waals surface area contributed by atoms with Crippen molar-refractivity contribution in [2.45, 2.75) is 57.9 Å². The number of carbonyl (C=O) groups excluding carboxylic acids is 2. The summed E-state index contributed by atoms with van der Waals surface area (Å²) in [5.74, 6) is 1.16. The van der Waals surface area contributed by atoms with Crippen LogP contribution >= 0.6 is 0 Å². The van der Waals surface area contributed by atoms with E-state index >= 15 is 0 Å². The standard InChI is InChI=1S/C27H32N4O3/c1-2-22(32)8-5-9-23(28-26(33)27-12-15-31(16-13-27)17-14-27)25-30-29-24(34-25)21-11-10-19-6-3-4-7-20(19)18-21/h3-4,6-7,10-11,18,23H,2,5,8-9,12-17H2,1H3,(H,28,33)/t23-/m0/s1. The Morgan fingerprint density at radius 1 is 1.06 bits per heavy atom. The Labute approximate surface area is 199 Å². The summed E-state index contributed by atoms with van der Waals surface area (Å²) >= 11 is 0. The van der Waals surface area contributed by atoms with Crippen LogP contribution in [0.3, 0.4) is 0 Å². The fraction of sp³-hybridized carbons (Fsp3) is 0.481. The number of aromatic nitrogens is 2. The Bertz CT molecular complexity index is 1170. The first-order valence-electron chi connectivity index (χ1n) is 12.4. The molecule has 0 unspecified atom stereocenters. The molecular weight excluding hydrogens is 428 g/mol. The van der Waals surface area contributed by atoms with Crippen molar-refractivity contribution in [3.8, 4) is 11.5 Å². The SMILES string of the molecule is CCC(=O)CCC[C@H](NC(=O)C12CCN(CC1)CC2)c1nnc(-c2ccc3ccccc3c2)o1. The molecule has 7 heteroatoms. The van der Waals surface area contributed by atoms with Crippen LogP contribution in [0.5, 0.6) is 0 Å². The predicted octanol–water partition coefficient (Wildman–Crippen LogP) is 4.68. The second-order valence-electron chi connectivity index (χ2n) is 9.69. The number of benzene rings is 2. The Balaban J connectivity index is 1.36. The minimum absolute atomic E-state index is 0.0872. The highest BCUT2D eigenvalue weighted by molar-refractivity contribution is 5.86. The minimum Gasteiger partial charge on any atom is -0.418 e. The van der Waals surface area contributed by atoms with E-state index in [1.807, 2.05) is 37.3 Å². The molecule has 178 valence electrons. The second kappa shape index (κ2) is 9.66. The zero-order chi connectivity index (χ0) is 23.5. The van der Waals surface area contributed by atoms with Gasteiger partial charge in [-0.1, -0.05) is 37.3 Å². The summed E-state index contributed by atoms with van der Waals surface area (Å²) in [6.45, 7) is 4.82. The smallest absolute Gasteiger partial charge is 0.247 e. The molecule has 0 spiro atoms. The average Bonchev–Trinajstić information content (AvgIpc) is 3.39. The van der Waals surface area contributed by atoms with E-state index < -0.39 is 6.04 Å². The van der Waals surface area contributed by atoms with Gasteiger partial charge in [-0.2, -0.15) is 0 Å². The van der Waals surface area contributed by atoms with Crippen LogP contribution in [0.25, 0.3) is 22.2 Å². The van der Waals surface area contributed by atoms with E-state index in [1.54, 1.807) is 0 Å². The molecule has 0 saturated carbocycles. The molecule has 6 rings (SSSR count). The number of nitrogens with zero attached hydrogens (tertiary/aromatic N) is 3. The highest BCUT2D eigenvalue weighted by Gasteiger charge is 2.45. The van der Waals surface area contributed by atoms with Crippen LogP contribution in [-0.4, -0.2) is 46.4 Å². The Kier molecular flexibility index (Phi) is 6.46. The third-order valence-corrected chi connectivity index (χ3v) is 7.58. The van der Waals surface area contributed by atoms with Crippen molar-refractivity contribution in [1.29, 1.82) is 0 Å². The molecule has 2 bridgehead atoms. The molecule has 3 aromatic rings. The molecule has 0 aliphatic carbocycles. The number of fused-ring (bicyclic) bond motifs is 4. The molecule has 3 aliphatic heterocycles. The lowest BCUT2D eigenvalue weighted by Gasteiger charge is -2.47. The molecule has 4 heterocycles. The number of carbonyl (C=O) groups is 2. The average molecular weight is 461 g/mol. The van der Waals surface area contributed by atoms with Gasteiger partial charge >= 0.3 is 0 Å². The summed E-state index contributed by atoms with van der Waals surface area (Å²) in [5.41, 5.74) is 0.551. The summed E-state index contributed by atoms with van der Waals surface area (Å²) in [4.78, 5) is 27.7. The monoisotopic (exact) mass is 460 g/mol. The van der Waals surface area contributed by atoms with Gasteiger partial charge in [0, 0.05) is 18.4 Å². The summed E-state index contributed by atoms with van der Waals surface area (Å²) in [6.07, 6.45) is 4.98. The number of piperidine rings is 3. The largest absolute Gasteiger partial charge is 0.418 e. The fourth-order valence-corrected chi connectivity index (χ4v) is 5.23. The van der Waals surface area contributed by atoms with Gasteiger partial charge in [0.1, 0.15) is 11.8 Å². The van der Waals surface area contributed by atoms with E-state index in [-0.39, 0.29) is 17.1 Å². The zero-order valence-corrected chi connectivity index (χ0v) is 19.8. The topological polar surface area (TPSA) is 88.3 Å². The van der Waals surface area contributed by atoms with E-state index in [0.29, 0.717) is 37.5 Å². The molecule has 2 aromatic carbocycles. The van der Waals surface area contributed by atoms with Gasteiger partial charge in [-0.3, -0.25) is 9.59 Å². The first kappa shape index (κ1) is 22.7. The van der Waals surface area contributed by atoms with Crippen LogP contribution in [-0.2, 0) is 9.59 Å². The zero-order valence-electron chi connectivity index (χ0n) is 19.8. The molecule has 0 radical (unpaired) electrons. The van der Waals surface area contributed by atoms with Gasteiger partial charge in [0.05, 0.1) is 5.41 Å². The minimum atomic E-state index is -0.395. The Hall–Kier alpha value is -3.06. The quantitative estimate of drug-likeness (QED) is 0.499. The number of rotatable bonds is 9. The lowest BCUT2D eigenvalue weighted by atomic mass is 9.71. The molecule has 3 aliphatic rings. The Morgan fingerprint density at radius 2 is 1.79 bits per heavy atom. The molecule has 1 aromatic heterocycles. The number of Topliss-reactive ketones (excluding diaryl/α,β-unsaturated/α-hetero) is 1. The van der Waals surface area contributed by atoms with Gasteiger partial charge in [0.2, 0.25) is 17.7 Å². The molecule has 3 fully saturated rings. The van der Waals surface area contributed by atoms with E-state index in [0.717, 1.165) is 55.2 Å². The first-order chi connectivity index (χ1) is 16.6. The van der Waals surface area contributed by atoms with E-state index in [2.05, 4.69) is 32.5 Å². The molecule has 1 amide bonds. The van der Waals surface area contributed by atoms with E-state index in [4.69, 9.17) is 4.42 Å². The summed E-state index contributed by atoms with van der Waals surface area (Å²) in [5, 5.41) is 14.1. The second-order valence-corrected chi connectivity index (χ2v) is 9.69. The molecule has 3 saturated heterocycles. The summed E-state index contributed by atoms with van der Waals surface area (Å²) in [7, 11) is 0. The summed E-state index contributed by atoms with van der Waals surface area (Å²) < 4.78 is 6.10. The normalized spacial score (nSPS) is 22.6. The van der Waals surface area contributed by atoms with Crippen molar-refractivity contribution < 1.29 is 14.0 Å². The van der Waals surface area contributed by atoms with Gasteiger partial charge in [0.15, 0.2) is 0 Å². The maximum atomic E-state index is 13.4. The summed E-state index contributed by atoms with van der Waals surface area (Å²) in [6, 6.07) is 13.8. The van der Waals surface area contributed by atoms with Crippen LogP contribution in [0, 0.1) is 5.41 Å². The third kappa shape index (κ3) is 4.62. The number of ketones is 1. The Morgan fingerprint density at radius 3 is 2.53 bits per heavy atom. The van der Waals surface area contributed by atoms with Gasteiger partial charge in [0.25, 0.3) is 0 Å².